The van der Waals surface area contributed by atoms with Crippen molar-refractivity contribution in [2.75, 3.05) is 18.8 Å². The van der Waals surface area contributed by atoms with E-state index >= 15 is 0 Å². The van der Waals surface area contributed by atoms with E-state index in [4.69, 9.17) is 5.73 Å². The minimum absolute atomic E-state index is 0.787. The van der Waals surface area contributed by atoms with Crippen molar-refractivity contribution >= 4 is 5.69 Å². The first-order valence-corrected chi connectivity index (χ1v) is 5.58. The molecule has 0 bridgehead atoms. The van der Waals surface area contributed by atoms with Gasteiger partial charge in [-0.25, -0.2) is 0 Å². The molecule has 0 saturated carbocycles. The van der Waals surface area contributed by atoms with Crippen molar-refractivity contribution in [1.82, 2.24) is 9.88 Å². The molecule has 2 unspecified atom stereocenters. The van der Waals surface area contributed by atoms with Crippen LogP contribution < -0.4 is 5.73 Å². The Bertz CT molecular complexity index is 327. The van der Waals surface area contributed by atoms with Crippen LogP contribution in [0.4, 0.5) is 5.69 Å². The van der Waals surface area contributed by atoms with Gasteiger partial charge in [-0.15, -0.1) is 0 Å². The lowest BCUT2D eigenvalue weighted by molar-refractivity contribution is 0.313. The fourth-order valence-corrected chi connectivity index (χ4v) is 2.17. The third-order valence-corrected chi connectivity index (χ3v) is 3.36. The SMILES string of the molecule is CC1CN(Cc2ncccc2N)CC1C. The zero-order valence-electron chi connectivity index (χ0n) is 9.48. The Kier molecular flexibility index (Phi) is 2.91. The summed E-state index contributed by atoms with van der Waals surface area (Å²) in [5.74, 6) is 1.57. The molecule has 2 atom stereocenters. The van der Waals surface area contributed by atoms with Crippen molar-refractivity contribution in [3.8, 4) is 0 Å². The van der Waals surface area contributed by atoms with Crippen LogP contribution in [0.25, 0.3) is 0 Å². The number of nitrogens with zero attached hydrogens (tertiary/aromatic N) is 2. The summed E-state index contributed by atoms with van der Waals surface area (Å²) in [6.45, 7) is 7.84. The molecule has 0 aliphatic carbocycles. The van der Waals surface area contributed by atoms with Gasteiger partial charge in [-0.2, -0.15) is 0 Å². The quantitative estimate of drug-likeness (QED) is 0.800. The first kappa shape index (κ1) is 10.4. The number of nitrogens with two attached hydrogens (primary N) is 1. The van der Waals surface area contributed by atoms with E-state index in [9.17, 15) is 0 Å². The number of nitrogen functional groups attached to an aromatic ring is 1. The smallest absolute Gasteiger partial charge is 0.0772 e. The summed E-state index contributed by atoms with van der Waals surface area (Å²) < 4.78 is 0. The lowest BCUT2D eigenvalue weighted by Crippen LogP contribution is -2.21. The Labute approximate surface area is 91.3 Å². The number of aromatic nitrogens is 1. The molecule has 2 rings (SSSR count). The van der Waals surface area contributed by atoms with Crippen molar-refractivity contribution in [2.45, 2.75) is 20.4 Å². The summed E-state index contributed by atoms with van der Waals surface area (Å²) in [5, 5.41) is 0. The van der Waals surface area contributed by atoms with Crippen LogP contribution in [-0.4, -0.2) is 23.0 Å². The highest BCUT2D eigenvalue weighted by molar-refractivity contribution is 5.41. The molecule has 2 N–H and O–H groups in total. The molecule has 0 spiro atoms. The fourth-order valence-electron chi connectivity index (χ4n) is 2.17. The highest BCUT2D eigenvalue weighted by atomic mass is 15.2. The Morgan fingerprint density at radius 2 is 2.07 bits per heavy atom. The van der Waals surface area contributed by atoms with Crippen LogP contribution in [0.3, 0.4) is 0 Å². The van der Waals surface area contributed by atoms with Crippen molar-refractivity contribution < 1.29 is 0 Å². The largest absolute Gasteiger partial charge is 0.397 e. The lowest BCUT2D eigenvalue weighted by atomic mass is 10.0. The molecule has 15 heavy (non-hydrogen) atoms. The molecule has 3 nitrogen and oxygen atoms in total. The van der Waals surface area contributed by atoms with E-state index in [0.717, 1.165) is 42.9 Å². The summed E-state index contributed by atoms with van der Waals surface area (Å²) in [4.78, 5) is 6.76. The number of hydrogen-bond acceptors (Lipinski definition) is 3. The first-order chi connectivity index (χ1) is 7.16. The third-order valence-electron chi connectivity index (χ3n) is 3.36. The second-order valence-corrected chi connectivity index (χ2v) is 4.69. The van der Waals surface area contributed by atoms with Gasteiger partial charge >= 0.3 is 0 Å². The molecule has 3 heteroatoms. The van der Waals surface area contributed by atoms with Crippen molar-refractivity contribution in [2.24, 2.45) is 11.8 Å². The molecule has 0 amide bonds. The molecule has 0 aromatic carbocycles. The van der Waals surface area contributed by atoms with Crippen LogP contribution in [0.1, 0.15) is 19.5 Å². The topological polar surface area (TPSA) is 42.2 Å². The van der Waals surface area contributed by atoms with E-state index in [1.165, 1.54) is 0 Å². The maximum Gasteiger partial charge on any atom is 0.0772 e. The number of hydrogen-bond donors (Lipinski definition) is 1. The summed E-state index contributed by atoms with van der Waals surface area (Å²) in [7, 11) is 0. The van der Waals surface area contributed by atoms with Crippen molar-refractivity contribution in [3.05, 3.63) is 24.0 Å². The molecule has 1 saturated heterocycles. The summed E-state index contributed by atoms with van der Waals surface area (Å²) >= 11 is 0. The molecular weight excluding hydrogens is 186 g/mol. The second kappa shape index (κ2) is 4.19. The Hall–Kier alpha value is -1.09. The van der Waals surface area contributed by atoms with E-state index in [-0.39, 0.29) is 0 Å². The predicted molar refractivity (Wildman–Crippen MR) is 62.3 cm³/mol. The number of pyridine rings is 1. The highest BCUT2D eigenvalue weighted by Gasteiger charge is 2.26. The normalized spacial score (nSPS) is 27.1. The van der Waals surface area contributed by atoms with Gasteiger partial charge in [-0.3, -0.25) is 9.88 Å². The van der Waals surface area contributed by atoms with Gasteiger partial charge in [0.25, 0.3) is 0 Å². The molecule has 1 fully saturated rings. The number of anilines is 1. The molecule has 0 radical (unpaired) electrons. The molecule has 82 valence electrons. The van der Waals surface area contributed by atoms with Gasteiger partial charge < -0.3 is 5.73 Å². The first-order valence-electron chi connectivity index (χ1n) is 5.58. The van der Waals surface area contributed by atoms with Crippen molar-refractivity contribution in [1.29, 1.82) is 0 Å². The van der Waals surface area contributed by atoms with Gasteiger partial charge in [0.05, 0.1) is 11.4 Å². The highest BCUT2D eigenvalue weighted by Crippen LogP contribution is 2.24. The van der Waals surface area contributed by atoms with Gasteiger partial charge in [0.15, 0.2) is 0 Å². The molecule has 1 aromatic rings. The monoisotopic (exact) mass is 205 g/mol. The summed E-state index contributed by atoms with van der Waals surface area (Å²) in [5.41, 5.74) is 7.70. The lowest BCUT2D eigenvalue weighted by Gasteiger charge is -2.15. The Morgan fingerprint density at radius 3 is 2.67 bits per heavy atom. The Morgan fingerprint density at radius 1 is 1.40 bits per heavy atom. The third kappa shape index (κ3) is 2.29. The molecular formula is C12H19N3. The zero-order valence-corrected chi connectivity index (χ0v) is 9.48. The summed E-state index contributed by atoms with van der Waals surface area (Å²) in [6.07, 6.45) is 1.81. The van der Waals surface area contributed by atoms with Gasteiger partial charge in [0, 0.05) is 25.8 Å². The molecule has 1 aliphatic heterocycles. The number of rotatable bonds is 2. The maximum atomic E-state index is 5.88. The van der Waals surface area contributed by atoms with Crippen LogP contribution in [0.15, 0.2) is 18.3 Å². The van der Waals surface area contributed by atoms with E-state index < -0.39 is 0 Å². The minimum Gasteiger partial charge on any atom is -0.397 e. The fraction of sp³-hybridized carbons (Fsp3) is 0.583. The minimum atomic E-state index is 0.787. The van der Waals surface area contributed by atoms with Crippen LogP contribution in [0.5, 0.6) is 0 Å². The Balaban J connectivity index is 2.01. The second-order valence-electron chi connectivity index (χ2n) is 4.69. The molecule has 2 heterocycles. The van der Waals surface area contributed by atoms with Crippen LogP contribution in [0.2, 0.25) is 0 Å². The maximum absolute atomic E-state index is 5.88. The standard InChI is InChI=1S/C12H19N3/c1-9-6-15(7-10(9)2)8-12-11(13)4-3-5-14-12/h3-5,9-10H,6-8,13H2,1-2H3. The van der Waals surface area contributed by atoms with Crippen LogP contribution >= 0.6 is 0 Å². The van der Waals surface area contributed by atoms with E-state index in [1.54, 1.807) is 0 Å². The van der Waals surface area contributed by atoms with Crippen LogP contribution in [-0.2, 0) is 6.54 Å². The van der Waals surface area contributed by atoms with E-state index in [2.05, 4.69) is 23.7 Å². The van der Waals surface area contributed by atoms with E-state index in [1.807, 2.05) is 18.3 Å². The van der Waals surface area contributed by atoms with E-state index in [0.29, 0.717) is 0 Å². The van der Waals surface area contributed by atoms with Gasteiger partial charge in [0.2, 0.25) is 0 Å². The summed E-state index contributed by atoms with van der Waals surface area (Å²) in [6, 6.07) is 3.80. The zero-order chi connectivity index (χ0) is 10.8. The average Bonchev–Trinajstić information content (AvgIpc) is 2.50. The predicted octanol–water partition coefficient (Wildman–Crippen LogP) is 1.75. The van der Waals surface area contributed by atoms with Gasteiger partial charge in [-0.1, -0.05) is 13.8 Å². The molecule has 1 aromatic heterocycles. The van der Waals surface area contributed by atoms with Crippen molar-refractivity contribution in [3.63, 3.8) is 0 Å². The van der Waals surface area contributed by atoms with Crippen LogP contribution in [0, 0.1) is 11.8 Å². The van der Waals surface area contributed by atoms with Gasteiger partial charge in [0.1, 0.15) is 0 Å². The van der Waals surface area contributed by atoms with Gasteiger partial charge in [-0.05, 0) is 24.0 Å². The average molecular weight is 205 g/mol. The molecule has 1 aliphatic rings. The number of likely N-dealkylation sites (tertiary alicyclic amines) is 1.